The zero-order valence-corrected chi connectivity index (χ0v) is 34.2. The van der Waals surface area contributed by atoms with E-state index >= 15 is 0 Å². The molecule has 3 aromatic heterocycles. The van der Waals surface area contributed by atoms with E-state index in [0.29, 0.717) is 5.82 Å². The minimum absolute atomic E-state index is 0.685. The maximum absolute atomic E-state index is 5.46. The molecule has 12 rings (SSSR count). The fraction of sp³-hybridized carbons (Fsp3) is 0. The predicted molar refractivity (Wildman–Crippen MR) is 262 cm³/mol. The van der Waals surface area contributed by atoms with E-state index < -0.39 is 0 Å². The van der Waals surface area contributed by atoms with Crippen molar-refractivity contribution in [1.82, 2.24) is 19.5 Å². The van der Waals surface area contributed by atoms with Crippen LogP contribution in [0.3, 0.4) is 0 Å². The van der Waals surface area contributed by atoms with Crippen LogP contribution in [0.15, 0.2) is 231 Å². The summed E-state index contributed by atoms with van der Waals surface area (Å²) in [5.41, 5.74) is 15.7. The molecule has 0 unspecified atom stereocenters. The van der Waals surface area contributed by atoms with Crippen molar-refractivity contribution in [2.24, 2.45) is 0 Å². The third-order valence-corrected chi connectivity index (χ3v) is 12.2. The highest BCUT2D eigenvalue weighted by molar-refractivity contribution is 6.18. The second-order valence-electron chi connectivity index (χ2n) is 16.0. The molecule has 0 amide bonds. The van der Waals surface area contributed by atoms with Gasteiger partial charge in [0, 0.05) is 49.7 Å². The van der Waals surface area contributed by atoms with Crippen LogP contribution >= 0.6 is 0 Å². The number of nitrogens with zero attached hydrogens (tertiary/aromatic N) is 4. The maximum atomic E-state index is 5.46. The van der Waals surface area contributed by atoms with Crippen molar-refractivity contribution in [1.29, 1.82) is 0 Å². The fourth-order valence-corrected chi connectivity index (χ4v) is 9.17. The first-order chi connectivity index (χ1) is 31.2. The average molecular weight is 803 g/mol. The summed E-state index contributed by atoms with van der Waals surface area (Å²) in [6.45, 7) is 0. The van der Waals surface area contributed by atoms with Crippen LogP contribution in [0.1, 0.15) is 0 Å². The van der Waals surface area contributed by atoms with Crippen LogP contribution in [0.25, 0.3) is 117 Å². The van der Waals surface area contributed by atoms with Crippen molar-refractivity contribution < 1.29 is 0 Å². The van der Waals surface area contributed by atoms with Gasteiger partial charge in [0.05, 0.1) is 33.6 Å². The summed E-state index contributed by atoms with van der Waals surface area (Å²) in [5.74, 6) is 0.685. The minimum Gasteiger partial charge on any atom is -0.309 e. The summed E-state index contributed by atoms with van der Waals surface area (Å²) in [6, 6.07) is 81.5. The Morgan fingerprint density at radius 3 is 1.37 bits per heavy atom. The molecule has 9 aromatic carbocycles. The Morgan fingerprint density at radius 2 is 0.746 bits per heavy atom. The molecule has 0 N–H and O–H groups in total. The van der Waals surface area contributed by atoms with Crippen molar-refractivity contribution in [2.75, 3.05) is 0 Å². The van der Waals surface area contributed by atoms with E-state index in [-0.39, 0.29) is 0 Å². The third-order valence-electron chi connectivity index (χ3n) is 12.2. The van der Waals surface area contributed by atoms with Crippen LogP contribution in [0.4, 0.5) is 0 Å². The third kappa shape index (κ3) is 6.44. The molecule has 0 saturated heterocycles. The molecule has 12 aromatic rings. The molecular formula is C59H38N4. The van der Waals surface area contributed by atoms with Crippen LogP contribution < -0.4 is 0 Å². The van der Waals surface area contributed by atoms with E-state index in [9.17, 15) is 0 Å². The Labute approximate surface area is 365 Å². The molecule has 4 heteroatoms. The van der Waals surface area contributed by atoms with E-state index in [1.165, 1.54) is 38.1 Å². The molecule has 0 atom stereocenters. The van der Waals surface area contributed by atoms with Crippen molar-refractivity contribution in [2.45, 2.75) is 0 Å². The lowest BCUT2D eigenvalue weighted by molar-refractivity contribution is 1.17. The number of benzene rings is 9. The highest BCUT2D eigenvalue weighted by Crippen LogP contribution is 2.42. The van der Waals surface area contributed by atoms with Crippen LogP contribution in [0, 0.1) is 0 Å². The number of hydrogen-bond acceptors (Lipinski definition) is 3. The first-order valence-electron chi connectivity index (χ1n) is 21.4. The van der Waals surface area contributed by atoms with E-state index in [2.05, 4.69) is 217 Å². The number of fused-ring (bicyclic) bond motifs is 6. The Bertz CT molecular complexity index is 3580. The standard InChI is InChI=1S/C59H38N4/c1-4-16-39(17-5-1)50-37-52(41-18-6-2-7-19-41)60-58-51(36-45-22-10-11-23-47(45)57(50)58)40-28-30-42(31-29-40)53-38-54(62-59(61-53)44-20-8-3-9-21-44)43-32-34-46(35-33-43)63-55-26-14-12-24-48(55)49-25-13-15-27-56(49)63/h1-38H. The summed E-state index contributed by atoms with van der Waals surface area (Å²) >= 11 is 0. The van der Waals surface area contributed by atoms with Gasteiger partial charge in [0.1, 0.15) is 0 Å². The summed E-state index contributed by atoms with van der Waals surface area (Å²) < 4.78 is 2.34. The number of para-hydroxylation sites is 2. The molecule has 294 valence electrons. The second-order valence-corrected chi connectivity index (χ2v) is 16.0. The summed E-state index contributed by atoms with van der Waals surface area (Å²) in [4.78, 5) is 15.8. The van der Waals surface area contributed by atoms with Crippen LogP contribution in [0.5, 0.6) is 0 Å². The smallest absolute Gasteiger partial charge is 0.160 e. The van der Waals surface area contributed by atoms with Crippen LogP contribution in [-0.2, 0) is 0 Å². The Hall–Kier alpha value is -8.47. The maximum Gasteiger partial charge on any atom is 0.160 e. The van der Waals surface area contributed by atoms with Crippen molar-refractivity contribution >= 4 is 43.5 Å². The van der Waals surface area contributed by atoms with Gasteiger partial charge in [0.15, 0.2) is 5.82 Å². The van der Waals surface area contributed by atoms with Gasteiger partial charge in [-0.15, -0.1) is 0 Å². The number of rotatable bonds is 7. The Morgan fingerprint density at radius 1 is 0.302 bits per heavy atom. The SMILES string of the molecule is c1ccc(-c2cc(-c3ccccc3)c3c(n2)c(-c2ccc(-c4cc(-c5ccc(-n6c7ccccc7c7ccccc76)cc5)nc(-c5ccccc5)n4)cc2)cc2ccccc23)cc1. The molecule has 0 aliphatic carbocycles. The normalized spacial score (nSPS) is 11.5. The Kier molecular flexibility index (Phi) is 8.79. The van der Waals surface area contributed by atoms with Gasteiger partial charge >= 0.3 is 0 Å². The number of aromatic nitrogens is 4. The van der Waals surface area contributed by atoms with Gasteiger partial charge in [-0.3, -0.25) is 0 Å². The summed E-state index contributed by atoms with van der Waals surface area (Å²) in [6.07, 6.45) is 0. The predicted octanol–water partition coefficient (Wildman–Crippen LogP) is 15.3. The molecule has 0 spiro atoms. The molecule has 0 aliphatic rings. The molecule has 63 heavy (non-hydrogen) atoms. The van der Waals surface area contributed by atoms with Crippen molar-refractivity contribution in [3.63, 3.8) is 0 Å². The number of hydrogen-bond donors (Lipinski definition) is 0. The molecule has 0 bridgehead atoms. The monoisotopic (exact) mass is 802 g/mol. The summed E-state index contributed by atoms with van der Waals surface area (Å²) in [7, 11) is 0. The molecule has 0 radical (unpaired) electrons. The van der Waals surface area contributed by atoms with Gasteiger partial charge in [-0.1, -0.05) is 188 Å². The van der Waals surface area contributed by atoms with Gasteiger partial charge in [-0.25, -0.2) is 15.0 Å². The Balaban J connectivity index is 0.984. The lowest BCUT2D eigenvalue weighted by Crippen LogP contribution is -1.97. The van der Waals surface area contributed by atoms with Gasteiger partial charge in [0.2, 0.25) is 0 Å². The molecule has 3 heterocycles. The van der Waals surface area contributed by atoms with E-state index in [4.69, 9.17) is 15.0 Å². The molecule has 4 nitrogen and oxygen atoms in total. The van der Waals surface area contributed by atoms with Crippen LogP contribution in [0.2, 0.25) is 0 Å². The first kappa shape index (κ1) is 36.4. The summed E-state index contributed by atoms with van der Waals surface area (Å²) in [5, 5.41) is 6.00. The van der Waals surface area contributed by atoms with Gasteiger partial charge < -0.3 is 4.57 Å². The van der Waals surface area contributed by atoms with Gasteiger partial charge in [-0.05, 0) is 69.9 Å². The van der Waals surface area contributed by atoms with Gasteiger partial charge in [-0.2, -0.15) is 0 Å². The largest absolute Gasteiger partial charge is 0.309 e. The minimum atomic E-state index is 0.685. The molecule has 0 fully saturated rings. The fourth-order valence-electron chi connectivity index (χ4n) is 9.17. The highest BCUT2D eigenvalue weighted by atomic mass is 15.0. The number of pyridine rings is 1. The molecular weight excluding hydrogens is 765 g/mol. The van der Waals surface area contributed by atoms with Gasteiger partial charge in [0.25, 0.3) is 0 Å². The van der Waals surface area contributed by atoms with Crippen molar-refractivity contribution in [3.8, 4) is 73.1 Å². The lowest BCUT2D eigenvalue weighted by atomic mass is 9.90. The molecule has 0 saturated carbocycles. The average Bonchev–Trinajstić information content (AvgIpc) is 3.71. The zero-order valence-electron chi connectivity index (χ0n) is 34.2. The van der Waals surface area contributed by atoms with Crippen molar-refractivity contribution in [3.05, 3.63) is 231 Å². The zero-order chi connectivity index (χ0) is 41.7. The van der Waals surface area contributed by atoms with E-state index in [1.54, 1.807) is 0 Å². The lowest BCUT2D eigenvalue weighted by Gasteiger charge is -2.17. The van der Waals surface area contributed by atoms with E-state index in [1.807, 2.05) is 18.2 Å². The van der Waals surface area contributed by atoms with E-state index in [0.717, 1.165) is 72.6 Å². The van der Waals surface area contributed by atoms with Crippen LogP contribution in [-0.4, -0.2) is 19.5 Å². The molecule has 0 aliphatic heterocycles. The quantitative estimate of drug-likeness (QED) is 0.151. The highest BCUT2D eigenvalue weighted by Gasteiger charge is 2.19. The topological polar surface area (TPSA) is 43.6 Å². The second kappa shape index (κ2) is 15.2. The first-order valence-corrected chi connectivity index (χ1v) is 21.4.